The number of ether oxygens (including phenoxy) is 1. The Labute approximate surface area is 153 Å². The van der Waals surface area contributed by atoms with Crippen molar-refractivity contribution >= 4 is 31.5 Å². The Kier molecular flexibility index (Phi) is 6.27. The summed E-state index contributed by atoms with van der Waals surface area (Å²) >= 11 is 0. The molecule has 0 aliphatic carbocycles. The van der Waals surface area contributed by atoms with E-state index in [1.807, 2.05) is 0 Å². The normalized spacial score (nSPS) is 19.5. The van der Waals surface area contributed by atoms with Crippen LogP contribution in [0.5, 0.6) is 5.75 Å². The van der Waals surface area contributed by atoms with Gasteiger partial charge in [-0.15, -0.1) is 0 Å². The maximum absolute atomic E-state index is 13.1. The average Bonchev–Trinajstić information content (AvgIpc) is 2.91. The van der Waals surface area contributed by atoms with Crippen LogP contribution in [0.15, 0.2) is 23.1 Å². The van der Waals surface area contributed by atoms with Gasteiger partial charge in [0.1, 0.15) is 5.75 Å². The number of sulfonamides is 1. The molecule has 146 valence electrons. The molecule has 0 bridgehead atoms. The summed E-state index contributed by atoms with van der Waals surface area (Å²) in [7, 11) is -5.86. The van der Waals surface area contributed by atoms with Gasteiger partial charge in [-0.05, 0) is 24.6 Å². The summed E-state index contributed by atoms with van der Waals surface area (Å²) in [5, 5.41) is 2.52. The van der Waals surface area contributed by atoms with Gasteiger partial charge in [-0.25, -0.2) is 16.8 Å². The summed E-state index contributed by atoms with van der Waals surface area (Å²) < 4.78 is 55.9. The zero-order chi connectivity index (χ0) is 19.5. The number of methoxy groups -OCH3 is 1. The van der Waals surface area contributed by atoms with Gasteiger partial charge in [0.05, 0.1) is 29.2 Å². The van der Waals surface area contributed by atoms with Gasteiger partial charge >= 0.3 is 0 Å². The molecule has 1 aromatic carbocycles. The number of hydrogen-bond acceptors (Lipinski definition) is 7. The van der Waals surface area contributed by atoms with Crippen LogP contribution in [0.25, 0.3) is 0 Å². The van der Waals surface area contributed by atoms with Crippen molar-refractivity contribution in [1.29, 1.82) is 0 Å². The van der Waals surface area contributed by atoms with Crippen LogP contribution >= 0.6 is 0 Å². The van der Waals surface area contributed by atoms with Gasteiger partial charge in [0.2, 0.25) is 15.9 Å². The van der Waals surface area contributed by atoms with Gasteiger partial charge < -0.3 is 15.8 Å². The molecule has 0 radical (unpaired) electrons. The quantitative estimate of drug-likeness (QED) is 0.640. The third kappa shape index (κ3) is 4.53. The van der Waals surface area contributed by atoms with Crippen LogP contribution in [-0.4, -0.2) is 64.8 Å². The van der Waals surface area contributed by atoms with Gasteiger partial charge in [-0.1, -0.05) is 0 Å². The molecule has 3 N–H and O–H groups in total. The molecule has 1 saturated heterocycles. The van der Waals surface area contributed by atoms with E-state index in [9.17, 15) is 21.6 Å². The molecule has 1 fully saturated rings. The van der Waals surface area contributed by atoms with E-state index in [4.69, 9.17) is 10.5 Å². The first kappa shape index (κ1) is 20.6. The van der Waals surface area contributed by atoms with Crippen molar-refractivity contribution in [3.8, 4) is 5.75 Å². The predicted molar refractivity (Wildman–Crippen MR) is 97.3 cm³/mol. The fourth-order valence-corrected chi connectivity index (χ4v) is 6.42. The van der Waals surface area contributed by atoms with E-state index in [0.29, 0.717) is 5.75 Å². The molecule has 1 aliphatic rings. The topological polar surface area (TPSA) is 136 Å². The molecule has 11 heteroatoms. The summed E-state index contributed by atoms with van der Waals surface area (Å²) in [6.07, 6.45) is 0.232. The van der Waals surface area contributed by atoms with Crippen LogP contribution < -0.4 is 15.8 Å². The molecule has 1 atom stereocenters. The number of nitrogens with zero attached hydrogens (tertiary/aromatic N) is 1. The minimum atomic E-state index is -4.00. The molecule has 9 nitrogen and oxygen atoms in total. The van der Waals surface area contributed by atoms with Crippen LogP contribution in [0.2, 0.25) is 0 Å². The maximum atomic E-state index is 13.1. The van der Waals surface area contributed by atoms with E-state index in [1.54, 1.807) is 0 Å². The Hall–Kier alpha value is -1.69. The lowest BCUT2D eigenvalue weighted by Crippen LogP contribution is -2.43. The van der Waals surface area contributed by atoms with Crippen molar-refractivity contribution < 1.29 is 26.4 Å². The van der Waals surface area contributed by atoms with Crippen LogP contribution in [0.1, 0.15) is 13.3 Å². The summed E-state index contributed by atoms with van der Waals surface area (Å²) in [5.41, 5.74) is 5.76. The second-order valence-corrected chi connectivity index (χ2v) is 10.1. The first-order valence-corrected chi connectivity index (χ1v) is 11.2. The number of carbonyl (C=O) groups is 1. The molecule has 26 heavy (non-hydrogen) atoms. The van der Waals surface area contributed by atoms with Gasteiger partial charge in [0.15, 0.2) is 9.84 Å². The number of benzene rings is 1. The van der Waals surface area contributed by atoms with E-state index >= 15 is 0 Å². The number of sulfone groups is 1. The average molecular weight is 405 g/mol. The minimum Gasteiger partial charge on any atom is -0.495 e. The van der Waals surface area contributed by atoms with E-state index in [-0.39, 0.29) is 47.5 Å². The monoisotopic (exact) mass is 405 g/mol. The number of rotatable bonds is 7. The van der Waals surface area contributed by atoms with Crippen LogP contribution in [0.4, 0.5) is 5.69 Å². The second-order valence-electron chi connectivity index (χ2n) is 6.00. The third-order valence-corrected chi connectivity index (χ3v) is 7.75. The van der Waals surface area contributed by atoms with E-state index in [0.717, 1.165) is 4.31 Å². The molecule has 1 aromatic rings. The third-order valence-electron chi connectivity index (χ3n) is 4.05. The van der Waals surface area contributed by atoms with Crippen molar-refractivity contribution in [2.75, 3.05) is 37.0 Å². The number of nitrogens with one attached hydrogen (secondary N) is 1. The van der Waals surface area contributed by atoms with E-state index < -0.39 is 25.9 Å². The zero-order valence-electron chi connectivity index (χ0n) is 14.6. The molecule has 1 aliphatic heterocycles. The highest BCUT2D eigenvalue weighted by atomic mass is 32.2. The van der Waals surface area contributed by atoms with Crippen LogP contribution in [0, 0.1) is 0 Å². The second kappa shape index (κ2) is 7.91. The lowest BCUT2D eigenvalue weighted by molar-refractivity contribution is -0.114. The molecule has 0 saturated carbocycles. The van der Waals surface area contributed by atoms with Crippen molar-refractivity contribution in [2.24, 2.45) is 5.73 Å². The summed E-state index contributed by atoms with van der Waals surface area (Å²) in [5.74, 6) is -0.332. The molecule has 0 aromatic heterocycles. The molecular weight excluding hydrogens is 382 g/mol. The first-order valence-electron chi connectivity index (χ1n) is 7.98. The number of anilines is 1. The van der Waals surface area contributed by atoms with Crippen molar-refractivity contribution in [2.45, 2.75) is 24.3 Å². The Morgan fingerprint density at radius 1 is 1.42 bits per heavy atom. The lowest BCUT2D eigenvalue weighted by atomic mass is 10.2. The van der Waals surface area contributed by atoms with Crippen molar-refractivity contribution in [3.05, 3.63) is 18.2 Å². The fraction of sp³-hybridized carbons (Fsp3) is 0.533. The van der Waals surface area contributed by atoms with E-state index in [1.165, 1.54) is 32.2 Å². The molecule has 1 heterocycles. The highest BCUT2D eigenvalue weighted by molar-refractivity contribution is 7.92. The Balaban J connectivity index is 2.44. The SMILES string of the molecule is COc1ccc(S(=O)(=O)N(CCN)[C@@H]2CCS(=O)(=O)C2)cc1NC(C)=O. The zero-order valence-corrected chi connectivity index (χ0v) is 16.3. The summed E-state index contributed by atoms with van der Waals surface area (Å²) in [6.45, 7) is 1.36. The van der Waals surface area contributed by atoms with Crippen molar-refractivity contribution in [3.63, 3.8) is 0 Å². The Morgan fingerprint density at radius 2 is 2.12 bits per heavy atom. The van der Waals surface area contributed by atoms with Crippen LogP contribution in [0.3, 0.4) is 0 Å². The van der Waals surface area contributed by atoms with Gasteiger partial charge in [-0.3, -0.25) is 4.79 Å². The first-order chi connectivity index (χ1) is 12.1. The fourth-order valence-electron chi connectivity index (χ4n) is 2.90. The lowest BCUT2D eigenvalue weighted by Gasteiger charge is -2.27. The molecular formula is C15H23N3O6S2. The maximum Gasteiger partial charge on any atom is 0.243 e. The number of hydrogen-bond donors (Lipinski definition) is 2. The Bertz CT molecular complexity index is 883. The predicted octanol–water partition coefficient (Wildman–Crippen LogP) is -0.210. The van der Waals surface area contributed by atoms with Crippen molar-refractivity contribution in [1.82, 2.24) is 4.31 Å². The smallest absolute Gasteiger partial charge is 0.243 e. The van der Waals surface area contributed by atoms with Gasteiger partial charge in [-0.2, -0.15) is 4.31 Å². The van der Waals surface area contributed by atoms with E-state index in [2.05, 4.69) is 5.32 Å². The molecule has 0 unspecified atom stereocenters. The molecule has 2 rings (SSSR count). The standard InChI is InChI=1S/C15H23N3O6S2/c1-11(19)17-14-9-13(3-4-15(14)24-2)26(22,23)18(7-6-16)12-5-8-25(20,21)10-12/h3-4,9,12H,5-8,10,16H2,1-2H3,(H,17,19)/t12-/m1/s1. The minimum absolute atomic E-state index is 0.00399. The van der Waals surface area contributed by atoms with Gasteiger partial charge in [0.25, 0.3) is 0 Å². The highest BCUT2D eigenvalue weighted by Gasteiger charge is 2.38. The summed E-state index contributed by atoms with van der Waals surface area (Å²) in [6, 6.07) is 3.43. The number of nitrogens with two attached hydrogens (primary N) is 1. The number of carbonyl (C=O) groups excluding carboxylic acids is 1. The molecule has 1 amide bonds. The summed E-state index contributed by atoms with van der Waals surface area (Å²) in [4.78, 5) is 11.3. The Morgan fingerprint density at radius 3 is 2.62 bits per heavy atom. The molecule has 0 spiro atoms. The largest absolute Gasteiger partial charge is 0.495 e. The number of amides is 1. The van der Waals surface area contributed by atoms with Gasteiger partial charge in [0, 0.05) is 26.1 Å². The highest BCUT2D eigenvalue weighted by Crippen LogP contribution is 2.31. The van der Waals surface area contributed by atoms with Crippen LogP contribution in [-0.2, 0) is 24.7 Å².